The number of amides is 1. The molecule has 0 aliphatic carbocycles. The molecule has 1 N–H and O–H groups in total. The first kappa shape index (κ1) is 24.2. The van der Waals surface area contributed by atoms with Gasteiger partial charge >= 0.3 is 0 Å². The normalized spacial score (nSPS) is 20.3. The third-order valence-electron chi connectivity index (χ3n) is 7.16. The summed E-state index contributed by atoms with van der Waals surface area (Å²) in [7, 11) is -3.90. The number of rotatable bonds is 6. The molecule has 7 nitrogen and oxygen atoms in total. The Bertz CT molecular complexity index is 1360. The van der Waals surface area contributed by atoms with E-state index in [0.717, 1.165) is 24.2 Å². The maximum absolute atomic E-state index is 13.6. The Morgan fingerprint density at radius 3 is 2.31 bits per heavy atom. The monoisotopic (exact) mass is 506 g/mol. The van der Waals surface area contributed by atoms with Crippen molar-refractivity contribution in [3.8, 4) is 11.5 Å². The summed E-state index contributed by atoms with van der Waals surface area (Å²) in [6.07, 6.45) is 1.23. The lowest BCUT2D eigenvalue weighted by Gasteiger charge is -2.42. The first-order valence-corrected chi connectivity index (χ1v) is 13.7. The summed E-state index contributed by atoms with van der Waals surface area (Å²) in [5.41, 5.74) is 0.945. The molecule has 1 amide bonds. The molecule has 188 valence electrons. The van der Waals surface area contributed by atoms with Gasteiger partial charge in [-0.05, 0) is 43.2 Å². The number of hydrogen-bond acceptors (Lipinski definition) is 5. The van der Waals surface area contributed by atoms with Crippen molar-refractivity contribution in [3.63, 3.8) is 0 Å². The fourth-order valence-corrected chi connectivity index (χ4v) is 6.48. The van der Waals surface area contributed by atoms with E-state index in [1.807, 2.05) is 24.3 Å². The zero-order valence-corrected chi connectivity index (χ0v) is 21.2. The van der Waals surface area contributed by atoms with Crippen LogP contribution in [0, 0.1) is 0 Å². The molecule has 3 aromatic carbocycles. The van der Waals surface area contributed by atoms with Gasteiger partial charge in [-0.25, -0.2) is 8.42 Å². The predicted octanol–water partition coefficient (Wildman–Crippen LogP) is 4.84. The summed E-state index contributed by atoms with van der Waals surface area (Å²) in [6.45, 7) is 4.05. The van der Waals surface area contributed by atoms with E-state index in [1.165, 1.54) is 4.31 Å². The number of carbonyl (C=O) groups excluding carboxylic acids is 1. The molecule has 3 aromatic rings. The Hall–Kier alpha value is -3.52. The van der Waals surface area contributed by atoms with Crippen molar-refractivity contribution < 1.29 is 22.7 Å². The van der Waals surface area contributed by atoms with Crippen molar-refractivity contribution in [1.29, 1.82) is 0 Å². The van der Waals surface area contributed by atoms with E-state index in [9.17, 15) is 13.2 Å². The molecule has 0 saturated heterocycles. The summed E-state index contributed by atoms with van der Waals surface area (Å²) >= 11 is 0. The van der Waals surface area contributed by atoms with Crippen LogP contribution in [0.25, 0.3) is 0 Å². The lowest BCUT2D eigenvalue weighted by atomic mass is 9.83. The van der Waals surface area contributed by atoms with E-state index in [4.69, 9.17) is 9.47 Å². The number of anilines is 1. The van der Waals surface area contributed by atoms with Crippen LogP contribution < -0.4 is 19.1 Å². The third kappa shape index (κ3) is 4.30. The number of para-hydroxylation sites is 3. The van der Waals surface area contributed by atoms with Crippen LogP contribution in [-0.2, 0) is 14.8 Å². The molecule has 2 unspecified atom stereocenters. The van der Waals surface area contributed by atoms with Gasteiger partial charge in [0.1, 0.15) is 17.1 Å². The second-order valence-electron chi connectivity index (χ2n) is 9.22. The number of fused-ring (bicyclic) bond motifs is 2. The van der Waals surface area contributed by atoms with Gasteiger partial charge in [0.2, 0.25) is 0 Å². The maximum Gasteiger partial charge on any atom is 0.264 e. The molecule has 2 aliphatic heterocycles. The van der Waals surface area contributed by atoms with E-state index in [1.54, 1.807) is 54.6 Å². The van der Waals surface area contributed by atoms with Gasteiger partial charge in [-0.3, -0.25) is 9.10 Å². The number of benzene rings is 3. The van der Waals surface area contributed by atoms with Crippen LogP contribution in [0.1, 0.15) is 44.7 Å². The molecular formula is C28H30N2O5S. The van der Waals surface area contributed by atoms with Crippen molar-refractivity contribution in [1.82, 2.24) is 5.32 Å². The quantitative estimate of drug-likeness (QED) is 0.517. The summed E-state index contributed by atoms with van der Waals surface area (Å²) < 4.78 is 40.8. The Morgan fingerprint density at radius 1 is 0.944 bits per heavy atom. The fourth-order valence-electron chi connectivity index (χ4n) is 4.98. The number of nitrogens with zero attached hydrogens (tertiary/aromatic N) is 1. The number of ether oxygens (including phenoxy) is 2. The van der Waals surface area contributed by atoms with E-state index in [0.29, 0.717) is 17.9 Å². The van der Waals surface area contributed by atoms with Crippen LogP contribution in [0.2, 0.25) is 0 Å². The van der Waals surface area contributed by atoms with Crippen molar-refractivity contribution in [2.24, 2.45) is 0 Å². The largest absolute Gasteiger partial charge is 0.487 e. The summed E-state index contributed by atoms with van der Waals surface area (Å²) in [6, 6.07) is 22.6. The molecule has 2 aliphatic rings. The first-order valence-electron chi connectivity index (χ1n) is 12.3. The van der Waals surface area contributed by atoms with Crippen LogP contribution >= 0.6 is 0 Å². The maximum atomic E-state index is 13.6. The molecule has 0 fully saturated rings. The Kier molecular flexibility index (Phi) is 6.38. The van der Waals surface area contributed by atoms with Gasteiger partial charge in [-0.15, -0.1) is 0 Å². The van der Waals surface area contributed by atoms with E-state index >= 15 is 0 Å². The summed E-state index contributed by atoms with van der Waals surface area (Å²) in [5, 5.41) is 3.15. The number of carbonyl (C=O) groups is 1. The number of hydrogen-bond donors (Lipinski definition) is 1. The van der Waals surface area contributed by atoms with Gasteiger partial charge in [0, 0.05) is 12.0 Å². The zero-order chi connectivity index (χ0) is 25.3. The van der Waals surface area contributed by atoms with E-state index in [2.05, 4.69) is 19.2 Å². The lowest BCUT2D eigenvalue weighted by molar-refractivity contribution is -0.129. The molecule has 0 bridgehead atoms. The Morgan fingerprint density at radius 2 is 1.58 bits per heavy atom. The molecule has 2 atom stereocenters. The SMILES string of the molecule is CCC1(CC)CC(NC(=O)C2CN(S(=O)(=O)c3ccccc3)c3ccccc3O2)c2ccccc2O1. The van der Waals surface area contributed by atoms with Gasteiger partial charge in [0.05, 0.1) is 23.2 Å². The summed E-state index contributed by atoms with van der Waals surface area (Å²) in [4.78, 5) is 13.7. The lowest BCUT2D eigenvalue weighted by Crippen LogP contribution is -2.52. The first-order chi connectivity index (χ1) is 17.4. The highest BCUT2D eigenvalue weighted by Gasteiger charge is 2.42. The van der Waals surface area contributed by atoms with E-state index < -0.39 is 16.1 Å². The molecule has 0 aromatic heterocycles. The number of sulfonamides is 1. The van der Waals surface area contributed by atoms with E-state index in [-0.39, 0.29) is 29.0 Å². The minimum absolute atomic E-state index is 0.127. The van der Waals surface area contributed by atoms with Crippen molar-refractivity contribution >= 4 is 21.6 Å². The second kappa shape index (κ2) is 9.50. The van der Waals surface area contributed by atoms with Crippen molar-refractivity contribution in [2.75, 3.05) is 10.8 Å². The van der Waals surface area contributed by atoms with Crippen molar-refractivity contribution in [2.45, 2.75) is 55.8 Å². The molecular weight excluding hydrogens is 476 g/mol. The Labute approximate surface area is 212 Å². The number of nitrogens with one attached hydrogen (secondary N) is 1. The molecule has 0 radical (unpaired) electrons. The zero-order valence-electron chi connectivity index (χ0n) is 20.4. The Balaban J connectivity index is 1.45. The van der Waals surface area contributed by atoms with Crippen LogP contribution in [-0.4, -0.2) is 32.6 Å². The topological polar surface area (TPSA) is 84.9 Å². The van der Waals surface area contributed by atoms with Crippen LogP contribution in [0.5, 0.6) is 11.5 Å². The molecule has 8 heteroatoms. The highest BCUT2D eigenvalue weighted by atomic mass is 32.2. The fraction of sp³-hybridized carbons (Fsp3) is 0.321. The van der Waals surface area contributed by atoms with Gasteiger partial charge in [0.15, 0.2) is 6.10 Å². The highest BCUT2D eigenvalue weighted by Crippen LogP contribution is 2.43. The molecule has 36 heavy (non-hydrogen) atoms. The van der Waals surface area contributed by atoms with Gasteiger partial charge < -0.3 is 14.8 Å². The molecule has 0 saturated carbocycles. The average Bonchev–Trinajstić information content (AvgIpc) is 2.92. The summed E-state index contributed by atoms with van der Waals surface area (Å²) in [5.74, 6) is 0.758. The minimum Gasteiger partial charge on any atom is -0.487 e. The second-order valence-corrected chi connectivity index (χ2v) is 11.1. The van der Waals surface area contributed by atoms with Gasteiger partial charge in [-0.1, -0.05) is 62.4 Å². The smallest absolute Gasteiger partial charge is 0.264 e. The van der Waals surface area contributed by atoms with Crippen LogP contribution in [0.4, 0.5) is 5.69 Å². The predicted molar refractivity (Wildman–Crippen MR) is 138 cm³/mol. The van der Waals surface area contributed by atoms with Crippen LogP contribution in [0.3, 0.4) is 0 Å². The van der Waals surface area contributed by atoms with Gasteiger partial charge in [-0.2, -0.15) is 0 Å². The third-order valence-corrected chi connectivity index (χ3v) is 8.95. The minimum atomic E-state index is -3.90. The molecule has 5 rings (SSSR count). The van der Waals surface area contributed by atoms with Crippen LogP contribution in [0.15, 0.2) is 83.8 Å². The average molecular weight is 507 g/mol. The van der Waals surface area contributed by atoms with Crippen molar-refractivity contribution in [3.05, 3.63) is 84.4 Å². The molecule has 0 spiro atoms. The van der Waals surface area contributed by atoms with Gasteiger partial charge in [0.25, 0.3) is 15.9 Å². The highest BCUT2D eigenvalue weighted by molar-refractivity contribution is 7.92. The standard InChI is InChI=1S/C28H30N2O5S/c1-3-28(4-2)18-22(21-14-8-10-16-24(21)35-28)29-27(31)26-19-30(23-15-9-11-17-25(23)34-26)36(32,33)20-12-6-5-7-13-20/h5-17,22,26H,3-4,18-19H2,1-2H3,(H,29,31). The molecule has 2 heterocycles.